The first-order chi connectivity index (χ1) is 12.2. The van der Waals surface area contributed by atoms with Crippen LogP contribution in [0.5, 0.6) is 0 Å². The zero-order chi connectivity index (χ0) is 18.9. The third kappa shape index (κ3) is 4.05. The minimum Gasteiger partial charge on any atom is -0.321 e. The average molecular weight is 384 g/mol. The van der Waals surface area contributed by atoms with E-state index < -0.39 is 17.8 Å². The van der Waals surface area contributed by atoms with E-state index in [1.54, 1.807) is 29.1 Å². The summed E-state index contributed by atoms with van der Waals surface area (Å²) >= 11 is 5.81. The molecule has 0 spiro atoms. The molecule has 0 unspecified atom stereocenters. The smallest absolute Gasteiger partial charge is 0.321 e. The molecule has 0 aliphatic carbocycles. The Morgan fingerprint density at radius 3 is 2.69 bits per heavy atom. The number of nitrogens with zero attached hydrogens (tertiary/aromatic N) is 4. The highest BCUT2D eigenvalue weighted by Crippen LogP contribution is 2.29. The number of halogens is 4. The van der Waals surface area contributed by atoms with Crippen molar-refractivity contribution in [1.82, 2.24) is 19.6 Å². The van der Waals surface area contributed by atoms with Crippen molar-refractivity contribution in [2.45, 2.75) is 12.7 Å². The largest absolute Gasteiger partial charge is 0.433 e. The Balaban J connectivity index is 1.74. The molecule has 10 heteroatoms. The molecule has 2 heterocycles. The van der Waals surface area contributed by atoms with Crippen molar-refractivity contribution in [2.24, 2.45) is 7.05 Å². The Labute approximate surface area is 151 Å². The van der Waals surface area contributed by atoms with Crippen molar-refractivity contribution in [1.29, 1.82) is 0 Å². The molecule has 0 saturated carbocycles. The van der Waals surface area contributed by atoms with E-state index in [0.29, 0.717) is 28.0 Å². The van der Waals surface area contributed by atoms with Gasteiger partial charge in [0.25, 0.3) is 5.91 Å². The maximum Gasteiger partial charge on any atom is 0.433 e. The fourth-order valence-corrected chi connectivity index (χ4v) is 2.55. The number of aryl methyl sites for hydroxylation is 1. The highest BCUT2D eigenvalue weighted by molar-refractivity contribution is 6.30. The molecule has 2 aromatic heterocycles. The summed E-state index contributed by atoms with van der Waals surface area (Å²) in [4.78, 5) is 12.2. The van der Waals surface area contributed by atoms with Gasteiger partial charge < -0.3 is 5.32 Å². The lowest BCUT2D eigenvalue weighted by atomic mass is 10.2. The standard InChI is InChI=1S/C16H13ClF3N5O/c1-24-14(16(18,19)20)6-13(23-24)15(26)22-12-4-2-3-10(5-12)8-25-9-11(17)7-21-25/h2-7,9H,8H2,1H3,(H,22,26). The van der Waals surface area contributed by atoms with Gasteiger partial charge in [-0.15, -0.1) is 0 Å². The van der Waals surface area contributed by atoms with E-state index in [0.717, 1.165) is 12.6 Å². The molecule has 3 rings (SSSR count). The zero-order valence-electron chi connectivity index (χ0n) is 13.5. The zero-order valence-corrected chi connectivity index (χ0v) is 14.2. The van der Waals surface area contributed by atoms with Crippen molar-refractivity contribution in [3.63, 3.8) is 0 Å². The Hall–Kier alpha value is -2.81. The summed E-state index contributed by atoms with van der Waals surface area (Å²) in [6, 6.07) is 7.58. The van der Waals surface area contributed by atoms with Crippen molar-refractivity contribution >= 4 is 23.2 Å². The van der Waals surface area contributed by atoms with Crippen LogP contribution >= 0.6 is 11.6 Å². The summed E-state index contributed by atoms with van der Waals surface area (Å²) < 4.78 is 40.7. The van der Waals surface area contributed by atoms with Crippen molar-refractivity contribution in [2.75, 3.05) is 5.32 Å². The van der Waals surface area contributed by atoms with Crippen LogP contribution in [0.3, 0.4) is 0 Å². The van der Waals surface area contributed by atoms with E-state index in [1.165, 1.54) is 6.20 Å². The number of benzene rings is 1. The minimum absolute atomic E-state index is 0.316. The predicted octanol–water partition coefficient (Wildman–Crippen LogP) is 3.59. The Kier molecular flexibility index (Phi) is 4.73. The van der Waals surface area contributed by atoms with Crippen LogP contribution < -0.4 is 5.32 Å². The predicted molar refractivity (Wildman–Crippen MR) is 88.9 cm³/mol. The van der Waals surface area contributed by atoms with Crippen LogP contribution in [0.25, 0.3) is 0 Å². The van der Waals surface area contributed by atoms with Gasteiger partial charge in [0, 0.05) is 25.0 Å². The van der Waals surface area contributed by atoms with Crippen molar-refractivity contribution < 1.29 is 18.0 Å². The molecule has 1 amide bonds. The Morgan fingerprint density at radius 1 is 1.31 bits per heavy atom. The van der Waals surface area contributed by atoms with E-state index in [1.807, 2.05) is 6.07 Å². The second-order valence-corrected chi connectivity index (χ2v) is 5.98. The van der Waals surface area contributed by atoms with Gasteiger partial charge in [-0.2, -0.15) is 23.4 Å². The molecule has 6 nitrogen and oxygen atoms in total. The third-order valence-electron chi connectivity index (χ3n) is 3.53. The maximum absolute atomic E-state index is 12.8. The van der Waals surface area contributed by atoms with Gasteiger partial charge in [-0.25, -0.2) is 0 Å². The molecule has 0 saturated heterocycles. The van der Waals surface area contributed by atoms with Crippen LogP contribution in [-0.2, 0) is 19.8 Å². The molecule has 0 radical (unpaired) electrons. The quantitative estimate of drug-likeness (QED) is 0.748. The Bertz CT molecular complexity index is 948. The number of rotatable bonds is 4. The molecule has 0 aliphatic heterocycles. The summed E-state index contributed by atoms with van der Waals surface area (Å²) in [6.45, 7) is 0.429. The first-order valence-electron chi connectivity index (χ1n) is 7.42. The molecule has 0 bridgehead atoms. The maximum atomic E-state index is 12.8. The lowest BCUT2D eigenvalue weighted by molar-refractivity contribution is -0.143. The van der Waals surface area contributed by atoms with Gasteiger partial charge >= 0.3 is 6.18 Å². The molecule has 26 heavy (non-hydrogen) atoms. The summed E-state index contributed by atoms with van der Waals surface area (Å²) in [5, 5.41) is 10.7. The van der Waals surface area contributed by atoms with Crippen LogP contribution in [0.4, 0.5) is 18.9 Å². The number of carbonyl (C=O) groups is 1. The van der Waals surface area contributed by atoms with E-state index in [2.05, 4.69) is 15.5 Å². The molecule has 0 fully saturated rings. The molecule has 1 aromatic carbocycles. The van der Waals surface area contributed by atoms with E-state index in [9.17, 15) is 18.0 Å². The normalized spacial score (nSPS) is 11.6. The lowest BCUT2D eigenvalue weighted by Crippen LogP contribution is -2.13. The number of aromatic nitrogens is 4. The lowest BCUT2D eigenvalue weighted by Gasteiger charge is -2.06. The van der Waals surface area contributed by atoms with Gasteiger partial charge in [0.2, 0.25) is 0 Å². The Morgan fingerprint density at radius 2 is 2.08 bits per heavy atom. The first kappa shape index (κ1) is 18.0. The second-order valence-electron chi connectivity index (χ2n) is 5.55. The molecule has 1 N–H and O–H groups in total. The van der Waals surface area contributed by atoms with Gasteiger partial charge in [-0.3, -0.25) is 14.2 Å². The van der Waals surface area contributed by atoms with E-state index >= 15 is 0 Å². The number of anilines is 1. The van der Waals surface area contributed by atoms with E-state index in [4.69, 9.17) is 11.6 Å². The van der Waals surface area contributed by atoms with Gasteiger partial charge in [-0.1, -0.05) is 23.7 Å². The molecule has 0 atom stereocenters. The number of hydrogen-bond donors (Lipinski definition) is 1. The van der Waals surface area contributed by atoms with Gasteiger partial charge in [0.05, 0.1) is 17.8 Å². The van der Waals surface area contributed by atoms with Crippen LogP contribution in [0.2, 0.25) is 5.02 Å². The topological polar surface area (TPSA) is 64.7 Å². The molecular formula is C16H13ClF3N5O. The van der Waals surface area contributed by atoms with Crippen molar-refractivity contribution in [3.05, 3.63) is 64.7 Å². The van der Waals surface area contributed by atoms with Crippen LogP contribution in [0.1, 0.15) is 21.7 Å². The number of carbonyl (C=O) groups excluding carboxylic acids is 1. The number of amides is 1. The van der Waals surface area contributed by atoms with Gasteiger partial charge in [0.15, 0.2) is 5.69 Å². The van der Waals surface area contributed by atoms with Crippen LogP contribution in [0, 0.1) is 0 Å². The first-order valence-corrected chi connectivity index (χ1v) is 7.79. The summed E-state index contributed by atoms with van der Waals surface area (Å²) in [7, 11) is 1.13. The summed E-state index contributed by atoms with van der Waals surface area (Å²) in [5.74, 6) is -0.726. The van der Waals surface area contributed by atoms with Crippen LogP contribution in [-0.4, -0.2) is 25.5 Å². The molecule has 3 aromatic rings. The van der Waals surface area contributed by atoms with Gasteiger partial charge in [-0.05, 0) is 17.7 Å². The fraction of sp³-hybridized carbons (Fsp3) is 0.188. The average Bonchev–Trinajstić information content (AvgIpc) is 3.13. The van der Waals surface area contributed by atoms with Crippen molar-refractivity contribution in [3.8, 4) is 0 Å². The third-order valence-corrected chi connectivity index (χ3v) is 3.73. The summed E-state index contributed by atoms with van der Waals surface area (Å²) in [6.07, 6.45) is -1.42. The number of hydrogen-bond acceptors (Lipinski definition) is 3. The number of nitrogens with one attached hydrogen (secondary N) is 1. The molecule has 0 aliphatic rings. The fourth-order valence-electron chi connectivity index (χ4n) is 2.40. The van der Waals surface area contributed by atoms with Gasteiger partial charge in [0.1, 0.15) is 5.69 Å². The molecule has 136 valence electrons. The number of alkyl halides is 3. The van der Waals surface area contributed by atoms with Crippen LogP contribution in [0.15, 0.2) is 42.7 Å². The van der Waals surface area contributed by atoms with E-state index in [-0.39, 0.29) is 5.69 Å². The monoisotopic (exact) mass is 383 g/mol. The highest BCUT2D eigenvalue weighted by atomic mass is 35.5. The molecular weight excluding hydrogens is 371 g/mol. The summed E-state index contributed by atoms with van der Waals surface area (Å²) in [5.41, 5.74) is -0.0411. The highest BCUT2D eigenvalue weighted by Gasteiger charge is 2.35. The minimum atomic E-state index is -4.58. The SMILES string of the molecule is Cn1nc(C(=O)Nc2cccc(Cn3cc(Cl)cn3)c2)cc1C(F)(F)F. The second kappa shape index (κ2) is 6.83.